The number of hydrogen-bond acceptors (Lipinski definition) is 3. The second kappa shape index (κ2) is 9.76. The van der Waals surface area contributed by atoms with Crippen LogP contribution in [0.1, 0.15) is 53.6 Å². The standard InChI is InChI=1S/C22H26N2O3/c25-21(24-20-9-5-2-6-10-20)19-13-11-17(12-14-19)15-23-22(26)27-16-18-7-3-1-4-8-18/h1,3-4,7-8,11-14,20H,2,5-6,9-10,15-16H2,(H,23,26)(H,24,25). The molecular weight excluding hydrogens is 340 g/mol. The molecule has 0 radical (unpaired) electrons. The number of carbonyl (C=O) groups excluding carboxylic acids is 2. The minimum absolute atomic E-state index is 0.0244. The van der Waals surface area contributed by atoms with Crippen LogP contribution in [0.4, 0.5) is 4.79 Å². The minimum atomic E-state index is -0.460. The first-order valence-electron chi connectivity index (χ1n) is 9.55. The molecule has 2 amide bonds. The average Bonchev–Trinajstić information content (AvgIpc) is 2.72. The van der Waals surface area contributed by atoms with Crippen LogP contribution >= 0.6 is 0 Å². The third kappa shape index (κ3) is 6.13. The van der Waals surface area contributed by atoms with Gasteiger partial charge in [0.05, 0.1) is 0 Å². The molecule has 1 saturated carbocycles. The summed E-state index contributed by atoms with van der Waals surface area (Å²) in [6.07, 6.45) is 5.32. The number of rotatable bonds is 6. The zero-order chi connectivity index (χ0) is 18.9. The van der Waals surface area contributed by atoms with E-state index < -0.39 is 6.09 Å². The Morgan fingerprint density at radius 1 is 0.889 bits per heavy atom. The monoisotopic (exact) mass is 366 g/mol. The van der Waals surface area contributed by atoms with Crippen molar-refractivity contribution in [3.63, 3.8) is 0 Å². The van der Waals surface area contributed by atoms with Gasteiger partial charge in [-0.15, -0.1) is 0 Å². The van der Waals surface area contributed by atoms with Crippen LogP contribution in [0.3, 0.4) is 0 Å². The van der Waals surface area contributed by atoms with Gasteiger partial charge in [0, 0.05) is 18.2 Å². The summed E-state index contributed by atoms with van der Waals surface area (Å²) >= 11 is 0. The molecule has 1 aliphatic rings. The number of benzene rings is 2. The summed E-state index contributed by atoms with van der Waals surface area (Å²) in [5.41, 5.74) is 2.51. The van der Waals surface area contributed by atoms with Crippen LogP contribution in [-0.4, -0.2) is 18.0 Å². The van der Waals surface area contributed by atoms with Crippen molar-refractivity contribution in [1.29, 1.82) is 0 Å². The van der Waals surface area contributed by atoms with Crippen LogP contribution in [0.25, 0.3) is 0 Å². The molecule has 142 valence electrons. The normalized spacial score (nSPS) is 14.4. The van der Waals surface area contributed by atoms with Gasteiger partial charge in [0.2, 0.25) is 0 Å². The van der Waals surface area contributed by atoms with Crippen molar-refractivity contribution >= 4 is 12.0 Å². The summed E-state index contributed by atoms with van der Waals surface area (Å²) in [5.74, 6) is -0.0244. The van der Waals surface area contributed by atoms with E-state index in [2.05, 4.69) is 10.6 Å². The molecule has 5 heteroatoms. The molecule has 0 aromatic heterocycles. The molecule has 0 spiro atoms. The molecule has 5 nitrogen and oxygen atoms in total. The topological polar surface area (TPSA) is 67.4 Å². The second-order valence-corrected chi connectivity index (χ2v) is 6.92. The number of alkyl carbamates (subject to hydrolysis) is 1. The van der Waals surface area contributed by atoms with E-state index in [1.807, 2.05) is 42.5 Å². The molecule has 2 aromatic carbocycles. The summed E-state index contributed by atoms with van der Waals surface area (Å²) in [4.78, 5) is 24.1. The lowest BCUT2D eigenvalue weighted by Crippen LogP contribution is -2.36. The van der Waals surface area contributed by atoms with Crippen molar-refractivity contribution in [1.82, 2.24) is 10.6 Å². The Kier molecular flexibility index (Phi) is 6.85. The van der Waals surface area contributed by atoms with Gasteiger partial charge in [0.1, 0.15) is 6.61 Å². The fourth-order valence-corrected chi connectivity index (χ4v) is 3.24. The highest BCUT2D eigenvalue weighted by Crippen LogP contribution is 2.18. The maximum absolute atomic E-state index is 12.3. The van der Waals surface area contributed by atoms with Crippen molar-refractivity contribution in [2.24, 2.45) is 0 Å². The van der Waals surface area contributed by atoms with E-state index in [-0.39, 0.29) is 12.5 Å². The van der Waals surface area contributed by atoms with Crippen LogP contribution in [0.2, 0.25) is 0 Å². The molecule has 0 aliphatic heterocycles. The van der Waals surface area contributed by atoms with Gasteiger partial charge in [-0.05, 0) is 36.1 Å². The Hall–Kier alpha value is -2.82. The highest BCUT2D eigenvalue weighted by molar-refractivity contribution is 5.94. The van der Waals surface area contributed by atoms with Gasteiger partial charge in [-0.1, -0.05) is 61.7 Å². The van der Waals surface area contributed by atoms with Crippen molar-refractivity contribution in [2.75, 3.05) is 0 Å². The van der Waals surface area contributed by atoms with Crippen LogP contribution in [0.5, 0.6) is 0 Å². The fourth-order valence-electron chi connectivity index (χ4n) is 3.24. The van der Waals surface area contributed by atoms with Crippen LogP contribution in [0, 0.1) is 0 Å². The van der Waals surface area contributed by atoms with Gasteiger partial charge in [-0.25, -0.2) is 4.79 Å². The van der Waals surface area contributed by atoms with E-state index in [0.717, 1.165) is 24.0 Å². The zero-order valence-corrected chi connectivity index (χ0v) is 15.4. The van der Waals surface area contributed by atoms with Gasteiger partial charge in [-0.2, -0.15) is 0 Å². The minimum Gasteiger partial charge on any atom is -0.445 e. The molecule has 3 rings (SSSR count). The lowest BCUT2D eigenvalue weighted by molar-refractivity contribution is 0.0927. The first-order valence-corrected chi connectivity index (χ1v) is 9.55. The predicted molar refractivity (Wildman–Crippen MR) is 104 cm³/mol. The van der Waals surface area contributed by atoms with Crippen molar-refractivity contribution in [3.8, 4) is 0 Å². The maximum Gasteiger partial charge on any atom is 0.407 e. The molecule has 1 fully saturated rings. The van der Waals surface area contributed by atoms with E-state index in [0.29, 0.717) is 18.2 Å². The summed E-state index contributed by atoms with van der Waals surface area (Å²) in [7, 11) is 0. The van der Waals surface area contributed by atoms with Crippen molar-refractivity contribution in [3.05, 3.63) is 71.3 Å². The van der Waals surface area contributed by atoms with E-state index in [4.69, 9.17) is 4.74 Å². The quantitative estimate of drug-likeness (QED) is 0.806. The lowest BCUT2D eigenvalue weighted by Gasteiger charge is -2.22. The molecular formula is C22H26N2O3. The Morgan fingerprint density at radius 2 is 1.59 bits per heavy atom. The van der Waals surface area contributed by atoms with Gasteiger partial charge < -0.3 is 15.4 Å². The Balaban J connectivity index is 1.41. The van der Waals surface area contributed by atoms with Crippen LogP contribution in [-0.2, 0) is 17.9 Å². The molecule has 0 atom stereocenters. The third-order valence-corrected chi connectivity index (χ3v) is 4.81. The first kappa shape index (κ1) is 19.0. The smallest absolute Gasteiger partial charge is 0.407 e. The lowest BCUT2D eigenvalue weighted by atomic mass is 9.95. The van der Waals surface area contributed by atoms with E-state index in [1.54, 1.807) is 12.1 Å². The van der Waals surface area contributed by atoms with E-state index in [1.165, 1.54) is 19.3 Å². The molecule has 27 heavy (non-hydrogen) atoms. The predicted octanol–water partition coefficient (Wildman–Crippen LogP) is 4.18. The molecule has 0 heterocycles. The maximum atomic E-state index is 12.3. The average molecular weight is 366 g/mol. The molecule has 0 bridgehead atoms. The van der Waals surface area contributed by atoms with Gasteiger partial charge in [0.15, 0.2) is 0 Å². The van der Waals surface area contributed by atoms with Gasteiger partial charge >= 0.3 is 6.09 Å². The molecule has 1 aliphatic carbocycles. The SMILES string of the molecule is O=C(NCc1ccc(C(=O)NC2CCCCC2)cc1)OCc1ccccc1. The van der Waals surface area contributed by atoms with Crippen molar-refractivity contribution < 1.29 is 14.3 Å². The molecule has 0 saturated heterocycles. The first-order chi connectivity index (χ1) is 13.2. The summed E-state index contributed by atoms with van der Waals surface area (Å²) in [5, 5.41) is 5.83. The largest absolute Gasteiger partial charge is 0.445 e. The van der Waals surface area contributed by atoms with E-state index in [9.17, 15) is 9.59 Å². The third-order valence-electron chi connectivity index (χ3n) is 4.81. The highest BCUT2D eigenvalue weighted by Gasteiger charge is 2.16. The van der Waals surface area contributed by atoms with Crippen LogP contribution in [0.15, 0.2) is 54.6 Å². The van der Waals surface area contributed by atoms with Gasteiger partial charge in [-0.3, -0.25) is 4.79 Å². The molecule has 0 unspecified atom stereocenters. The highest BCUT2D eigenvalue weighted by atomic mass is 16.5. The fraction of sp³-hybridized carbons (Fsp3) is 0.364. The van der Waals surface area contributed by atoms with Gasteiger partial charge in [0.25, 0.3) is 5.91 Å². The second-order valence-electron chi connectivity index (χ2n) is 6.92. The summed E-state index contributed by atoms with van der Waals surface area (Å²) in [6, 6.07) is 17.1. The van der Waals surface area contributed by atoms with Crippen molar-refractivity contribution in [2.45, 2.75) is 51.3 Å². The molecule has 2 N–H and O–H groups in total. The number of ether oxygens (including phenoxy) is 1. The molecule has 2 aromatic rings. The number of carbonyl (C=O) groups is 2. The summed E-state index contributed by atoms with van der Waals surface area (Å²) in [6.45, 7) is 0.602. The van der Waals surface area contributed by atoms with E-state index >= 15 is 0 Å². The Morgan fingerprint density at radius 3 is 2.30 bits per heavy atom. The Bertz CT molecular complexity index is 738. The summed E-state index contributed by atoms with van der Waals surface area (Å²) < 4.78 is 5.18. The number of amides is 2. The number of nitrogens with one attached hydrogen (secondary N) is 2. The number of hydrogen-bond donors (Lipinski definition) is 2. The Labute approximate surface area is 160 Å². The van der Waals surface area contributed by atoms with Crippen LogP contribution < -0.4 is 10.6 Å². The zero-order valence-electron chi connectivity index (χ0n) is 15.4.